The summed E-state index contributed by atoms with van der Waals surface area (Å²) in [6, 6.07) is 13.3. The molecule has 1 heterocycles. The zero-order chi connectivity index (χ0) is 20.1. The number of nitrogens with zero attached hydrogens (tertiary/aromatic N) is 2. The molecule has 0 saturated carbocycles. The van der Waals surface area contributed by atoms with Gasteiger partial charge in [0.1, 0.15) is 0 Å². The van der Waals surface area contributed by atoms with Crippen LogP contribution in [0, 0.1) is 6.92 Å². The monoisotopic (exact) mass is 401 g/mol. The van der Waals surface area contributed by atoms with E-state index in [9.17, 15) is 13.2 Å². The van der Waals surface area contributed by atoms with Gasteiger partial charge in [0.15, 0.2) is 0 Å². The first-order chi connectivity index (χ1) is 13.4. The first kappa shape index (κ1) is 20.4. The lowest BCUT2D eigenvalue weighted by Gasteiger charge is -2.21. The van der Waals surface area contributed by atoms with Crippen LogP contribution in [-0.4, -0.2) is 57.4 Å². The van der Waals surface area contributed by atoms with Crippen LogP contribution in [0.2, 0.25) is 0 Å². The molecule has 28 heavy (non-hydrogen) atoms. The third kappa shape index (κ3) is 4.91. The Morgan fingerprint density at radius 3 is 2.36 bits per heavy atom. The molecule has 1 saturated heterocycles. The lowest BCUT2D eigenvalue weighted by molar-refractivity contribution is 0.0782. The molecule has 0 atom stereocenters. The molecule has 1 fully saturated rings. The summed E-state index contributed by atoms with van der Waals surface area (Å²) in [7, 11) is -1.92. The minimum absolute atomic E-state index is 0.102. The van der Waals surface area contributed by atoms with Gasteiger partial charge in [0.05, 0.1) is 10.6 Å². The van der Waals surface area contributed by atoms with Gasteiger partial charge in [0.25, 0.3) is 15.9 Å². The maximum absolute atomic E-state index is 12.6. The number of nitrogens with one attached hydrogen (secondary N) is 1. The van der Waals surface area contributed by atoms with E-state index in [-0.39, 0.29) is 10.8 Å². The van der Waals surface area contributed by atoms with E-state index in [4.69, 9.17) is 0 Å². The van der Waals surface area contributed by atoms with Crippen molar-refractivity contribution in [3.05, 3.63) is 59.7 Å². The average Bonchev–Trinajstić information content (AvgIpc) is 3.21. The second-order valence-electron chi connectivity index (χ2n) is 7.22. The standard InChI is InChI=1S/C21H27N3O3S/c1-17-7-3-4-8-20(17)22-28(26,27)19-11-9-18(10-12-19)21(25)23(2)15-16-24-13-5-6-14-24/h3-4,7-12,22H,5-6,13-16H2,1-2H3. The summed E-state index contributed by atoms with van der Waals surface area (Å²) in [5.41, 5.74) is 1.88. The topological polar surface area (TPSA) is 69.7 Å². The number of anilines is 1. The molecule has 0 radical (unpaired) electrons. The lowest BCUT2D eigenvalue weighted by atomic mass is 10.2. The Balaban J connectivity index is 1.64. The molecule has 7 heteroatoms. The van der Waals surface area contributed by atoms with Crippen molar-refractivity contribution in [1.82, 2.24) is 9.80 Å². The maximum atomic E-state index is 12.6. The average molecular weight is 402 g/mol. The second-order valence-corrected chi connectivity index (χ2v) is 8.90. The molecule has 1 amide bonds. The summed E-state index contributed by atoms with van der Waals surface area (Å²) >= 11 is 0. The van der Waals surface area contributed by atoms with Crippen LogP contribution in [0.4, 0.5) is 5.69 Å². The van der Waals surface area contributed by atoms with Gasteiger partial charge in [-0.2, -0.15) is 0 Å². The Hall–Kier alpha value is -2.38. The number of carbonyl (C=O) groups excluding carboxylic acids is 1. The van der Waals surface area contributed by atoms with Crippen LogP contribution in [-0.2, 0) is 10.0 Å². The minimum atomic E-state index is -3.70. The molecule has 2 aromatic carbocycles. The molecule has 0 bridgehead atoms. The highest BCUT2D eigenvalue weighted by atomic mass is 32.2. The SMILES string of the molecule is Cc1ccccc1NS(=O)(=O)c1ccc(C(=O)N(C)CCN2CCCC2)cc1. The van der Waals surface area contributed by atoms with E-state index in [1.165, 1.54) is 25.0 Å². The molecule has 1 N–H and O–H groups in total. The van der Waals surface area contributed by atoms with Gasteiger partial charge in [0, 0.05) is 25.7 Å². The molecular weight excluding hydrogens is 374 g/mol. The molecule has 0 aliphatic carbocycles. The number of para-hydroxylation sites is 1. The zero-order valence-corrected chi connectivity index (χ0v) is 17.2. The molecule has 1 aliphatic heterocycles. The Labute approximate surface area is 167 Å². The molecule has 150 valence electrons. The Morgan fingerprint density at radius 2 is 1.71 bits per heavy atom. The van der Waals surface area contributed by atoms with Crippen LogP contribution in [0.3, 0.4) is 0 Å². The fraction of sp³-hybridized carbons (Fsp3) is 0.381. The van der Waals surface area contributed by atoms with Crippen molar-refractivity contribution >= 4 is 21.6 Å². The van der Waals surface area contributed by atoms with Crippen LogP contribution >= 0.6 is 0 Å². The van der Waals surface area contributed by atoms with Gasteiger partial charge in [-0.1, -0.05) is 18.2 Å². The number of rotatable bonds is 7. The molecule has 0 aromatic heterocycles. The summed E-state index contributed by atoms with van der Waals surface area (Å²) in [6.07, 6.45) is 2.45. The predicted octanol–water partition coefficient (Wildman–Crippen LogP) is 2.96. The number of likely N-dealkylation sites (tertiary alicyclic amines) is 1. The Bertz CT molecular complexity index is 920. The van der Waals surface area contributed by atoms with Gasteiger partial charge in [-0.15, -0.1) is 0 Å². The van der Waals surface area contributed by atoms with Gasteiger partial charge in [-0.3, -0.25) is 9.52 Å². The maximum Gasteiger partial charge on any atom is 0.261 e. The van der Waals surface area contributed by atoms with Crippen LogP contribution < -0.4 is 4.72 Å². The van der Waals surface area contributed by atoms with Gasteiger partial charge >= 0.3 is 0 Å². The number of benzene rings is 2. The van der Waals surface area contributed by atoms with E-state index in [2.05, 4.69) is 9.62 Å². The van der Waals surface area contributed by atoms with E-state index in [0.717, 1.165) is 25.2 Å². The van der Waals surface area contributed by atoms with Crippen molar-refractivity contribution in [3.63, 3.8) is 0 Å². The summed E-state index contributed by atoms with van der Waals surface area (Å²) in [4.78, 5) is 16.8. The van der Waals surface area contributed by atoms with Crippen LogP contribution in [0.1, 0.15) is 28.8 Å². The first-order valence-corrected chi connectivity index (χ1v) is 11.0. The predicted molar refractivity (Wildman–Crippen MR) is 111 cm³/mol. The summed E-state index contributed by atoms with van der Waals surface area (Å²) in [6.45, 7) is 5.57. The minimum Gasteiger partial charge on any atom is -0.340 e. The van der Waals surface area contributed by atoms with E-state index in [1.807, 2.05) is 19.1 Å². The Kier molecular flexibility index (Phi) is 6.36. The third-order valence-corrected chi connectivity index (χ3v) is 6.48. The highest BCUT2D eigenvalue weighted by molar-refractivity contribution is 7.92. The van der Waals surface area contributed by atoms with Gasteiger partial charge in [-0.05, 0) is 68.8 Å². The highest BCUT2D eigenvalue weighted by Gasteiger charge is 2.18. The van der Waals surface area contributed by atoms with Crippen molar-refractivity contribution < 1.29 is 13.2 Å². The van der Waals surface area contributed by atoms with E-state index < -0.39 is 10.0 Å². The van der Waals surface area contributed by atoms with Gasteiger partial charge in [0.2, 0.25) is 0 Å². The van der Waals surface area contributed by atoms with Crippen molar-refractivity contribution in [3.8, 4) is 0 Å². The molecule has 2 aromatic rings. The number of carbonyl (C=O) groups is 1. The van der Waals surface area contributed by atoms with Crippen molar-refractivity contribution in [2.24, 2.45) is 0 Å². The van der Waals surface area contributed by atoms with Crippen molar-refractivity contribution in [1.29, 1.82) is 0 Å². The van der Waals surface area contributed by atoms with Crippen LogP contribution in [0.5, 0.6) is 0 Å². The third-order valence-electron chi connectivity index (χ3n) is 5.10. The van der Waals surface area contributed by atoms with E-state index in [1.54, 1.807) is 36.2 Å². The number of amides is 1. The summed E-state index contributed by atoms with van der Waals surface area (Å²) < 4.78 is 27.8. The van der Waals surface area contributed by atoms with Crippen LogP contribution in [0.25, 0.3) is 0 Å². The molecular formula is C21H27N3O3S. The number of likely N-dealkylation sites (N-methyl/N-ethyl adjacent to an activating group) is 1. The molecule has 1 aliphatic rings. The molecule has 0 unspecified atom stereocenters. The van der Waals surface area contributed by atoms with E-state index >= 15 is 0 Å². The highest BCUT2D eigenvalue weighted by Crippen LogP contribution is 2.20. The molecule has 3 rings (SSSR count). The number of aryl methyl sites for hydroxylation is 1. The molecule has 0 spiro atoms. The van der Waals surface area contributed by atoms with Gasteiger partial charge < -0.3 is 9.80 Å². The summed E-state index contributed by atoms with van der Waals surface area (Å²) in [5.74, 6) is -0.102. The Morgan fingerprint density at radius 1 is 1.07 bits per heavy atom. The van der Waals surface area contributed by atoms with Gasteiger partial charge in [-0.25, -0.2) is 8.42 Å². The smallest absolute Gasteiger partial charge is 0.261 e. The van der Waals surface area contributed by atoms with E-state index in [0.29, 0.717) is 17.8 Å². The first-order valence-electron chi connectivity index (χ1n) is 9.53. The lowest BCUT2D eigenvalue weighted by Crippen LogP contribution is -2.35. The normalized spacial score (nSPS) is 14.8. The largest absolute Gasteiger partial charge is 0.340 e. The van der Waals surface area contributed by atoms with Crippen LogP contribution in [0.15, 0.2) is 53.4 Å². The fourth-order valence-corrected chi connectivity index (χ4v) is 4.42. The number of sulfonamides is 1. The summed E-state index contributed by atoms with van der Waals surface area (Å²) in [5, 5.41) is 0. The number of hydrogen-bond donors (Lipinski definition) is 1. The number of hydrogen-bond acceptors (Lipinski definition) is 4. The quantitative estimate of drug-likeness (QED) is 0.774. The second kappa shape index (κ2) is 8.75. The van der Waals surface area contributed by atoms with Crippen molar-refractivity contribution in [2.75, 3.05) is 37.9 Å². The fourth-order valence-electron chi connectivity index (χ4n) is 3.29. The van der Waals surface area contributed by atoms with Crippen molar-refractivity contribution in [2.45, 2.75) is 24.7 Å². The molecule has 6 nitrogen and oxygen atoms in total. The zero-order valence-electron chi connectivity index (χ0n) is 16.4.